The first-order chi connectivity index (χ1) is 3.54. The van der Waals surface area contributed by atoms with Gasteiger partial charge in [-0.05, 0) is 24.7 Å². The quantitative estimate of drug-likeness (QED) is 0.546. The lowest BCUT2D eigenvalue weighted by Gasteiger charge is -2.03. The number of rotatable bonds is 1. The molecule has 1 nitrogen and oxygen atoms in total. The van der Waals surface area contributed by atoms with Gasteiger partial charge in [0.05, 0.1) is 6.10 Å². The van der Waals surface area contributed by atoms with E-state index in [9.17, 15) is 0 Å². The largest absolute Gasteiger partial charge is 0.393 e. The van der Waals surface area contributed by atoms with Crippen molar-refractivity contribution >= 4 is 0 Å². The van der Waals surface area contributed by atoms with Gasteiger partial charge < -0.3 is 5.11 Å². The van der Waals surface area contributed by atoms with Crippen molar-refractivity contribution in [1.82, 2.24) is 0 Å². The molecule has 0 saturated heterocycles. The molecular weight excluding hydrogens is 100 g/mol. The minimum atomic E-state index is -0.0926. The third-order valence-corrected chi connectivity index (χ3v) is 2.17. The molecule has 1 aliphatic rings. The highest BCUT2D eigenvalue weighted by atomic mass is 16.3. The van der Waals surface area contributed by atoms with Crippen LogP contribution >= 0.6 is 0 Å². The second-order valence-electron chi connectivity index (χ2n) is 3.54. The summed E-state index contributed by atoms with van der Waals surface area (Å²) in [7, 11) is 0. The lowest BCUT2D eigenvalue weighted by Crippen LogP contribution is -2.06. The second-order valence-corrected chi connectivity index (χ2v) is 3.54. The molecule has 0 aromatic carbocycles. The lowest BCUT2D eigenvalue weighted by atomic mass is 10.1. The van der Waals surface area contributed by atoms with Gasteiger partial charge in [-0.2, -0.15) is 0 Å². The van der Waals surface area contributed by atoms with Gasteiger partial charge in [0.2, 0.25) is 0 Å². The fourth-order valence-corrected chi connectivity index (χ4v) is 1.33. The predicted molar refractivity (Wildman–Crippen MR) is 33.6 cm³/mol. The number of hydrogen-bond donors (Lipinski definition) is 1. The molecule has 0 heterocycles. The van der Waals surface area contributed by atoms with E-state index in [1.165, 1.54) is 6.42 Å². The van der Waals surface area contributed by atoms with Crippen LogP contribution in [0.25, 0.3) is 0 Å². The third kappa shape index (κ3) is 0.873. The third-order valence-electron chi connectivity index (χ3n) is 2.17. The minimum absolute atomic E-state index is 0.0926. The molecule has 0 aromatic heterocycles. The van der Waals surface area contributed by atoms with Crippen LogP contribution < -0.4 is 0 Å². The van der Waals surface area contributed by atoms with Crippen LogP contribution in [-0.4, -0.2) is 11.2 Å². The lowest BCUT2D eigenvalue weighted by molar-refractivity contribution is 0.155. The molecule has 0 aliphatic heterocycles. The zero-order chi connectivity index (χ0) is 6.36. The van der Waals surface area contributed by atoms with Crippen molar-refractivity contribution in [2.75, 3.05) is 0 Å². The number of aliphatic hydroxyl groups excluding tert-OH is 1. The molecule has 1 aliphatic carbocycles. The zero-order valence-corrected chi connectivity index (χ0v) is 5.81. The molecule has 0 bridgehead atoms. The van der Waals surface area contributed by atoms with Gasteiger partial charge in [-0.25, -0.2) is 0 Å². The van der Waals surface area contributed by atoms with Crippen molar-refractivity contribution in [1.29, 1.82) is 0 Å². The zero-order valence-electron chi connectivity index (χ0n) is 5.81. The first-order valence-corrected chi connectivity index (χ1v) is 3.22. The van der Waals surface area contributed by atoms with Gasteiger partial charge >= 0.3 is 0 Å². The Morgan fingerprint density at radius 1 is 1.62 bits per heavy atom. The van der Waals surface area contributed by atoms with E-state index in [-0.39, 0.29) is 6.10 Å². The summed E-state index contributed by atoms with van der Waals surface area (Å²) in [6.45, 7) is 6.27. The van der Waals surface area contributed by atoms with Gasteiger partial charge in [-0.1, -0.05) is 13.8 Å². The second kappa shape index (κ2) is 1.47. The van der Waals surface area contributed by atoms with Crippen molar-refractivity contribution in [2.45, 2.75) is 33.3 Å². The number of aliphatic hydroxyl groups is 1. The standard InChI is InChI=1S/C7H14O/c1-5(8)6-4-7(6,2)3/h5-6,8H,4H2,1-3H3. The Bertz CT molecular complexity index is 94.6. The summed E-state index contributed by atoms with van der Waals surface area (Å²) in [5.41, 5.74) is 0.439. The molecule has 48 valence electrons. The van der Waals surface area contributed by atoms with Crippen LogP contribution in [0, 0.1) is 11.3 Å². The van der Waals surface area contributed by atoms with Crippen LogP contribution in [0.15, 0.2) is 0 Å². The highest BCUT2D eigenvalue weighted by molar-refractivity contribution is 4.97. The van der Waals surface area contributed by atoms with E-state index in [2.05, 4.69) is 13.8 Å². The highest BCUT2D eigenvalue weighted by Gasteiger charge is 2.48. The average molecular weight is 114 g/mol. The monoisotopic (exact) mass is 114 g/mol. The van der Waals surface area contributed by atoms with Gasteiger partial charge in [0.15, 0.2) is 0 Å². The van der Waals surface area contributed by atoms with Crippen LogP contribution in [0.2, 0.25) is 0 Å². The summed E-state index contributed by atoms with van der Waals surface area (Å²) in [5, 5.41) is 9.03. The summed E-state index contributed by atoms with van der Waals surface area (Å²) in [6, 6.07) is 0. The minimum Gasteiger partial charge on any atom is -0.393 e. The van der Waals surface area contributed by atoms with Crippen LogP contribution in [0.4, 0.5) is 0 Å². The smallest absolute Gasteiger partial charge is 0.0545 e. The first kappa shape index (κ1) is 6.09. The van der Waals surface area contributed by atoms with E-state index in [4.69, 9.17) is 5.11 Å². The molecule has 0 aromatic rings. The molecule has 0 amide bonds. The molecule has 0 spiro atoms. The Balaban J connectivity index is 2.37. The molecule has 1 saturated carbocycles. The van der Waals surface area contributed by atoms with Crippen molar-refractivity contribution < 1.29 is 5.11 Å². The van der Waals surface area contributed by atoms with Crippen molar-refractivity contribution in [3.8, 4) is 0 Å². The topological polar surface area (TPSA) is 20.2 Å². The van der Waals surface area contributed by atoms with Gasteiger partial charge in [0.1, 0.15) is 0 Å². The molecule has 0 radical (unpaired) electrons. The van der Waals surface area contributed by atoms with Gasteiger partial charge in [0, 0.05) is 0 Å². The van der Waals surface area contributed by atoms with E-state index in [0.717, 1.165) is 0 Å². The Kier molecular flexibility index (Phi) is 1.12. The van der Waals surface area contributed by atoms with E-state index in [0.29, 0.717) is 11.3 Å². The fourth-order valence-electron chi connectivity index (χ4n) is 1.33. The first-order valence-electron chi connectivity index (χ1n) is 3.22. The molecular formula is C7H14O. The molecule has 1 rings (SSSR count). The maximum absolute atomic E-state index is 9.03. The van der Waals surface area contributed by atoms with E-state index in [1.807, 2.05) is 6.92 Å². The highest BCUT2D eigenvalue weighted by Crippen LogP contribution is 2.53. The van der Waals surface area contributed by atoms with Crippen LogP contribution in [0.1, 0.15) is 27.2 Å². The van der Waals surface area contributed by atoms with Gasteiger partial charge in [0.25, 0.3) is 0 Å². The average Bonchev–Trinajstić information content (AvgIpc) is 2.13. The predicted octanol–water partition coefficient (Wildman–Crippen LogP) is 1.41. The summed E-state index contributed by atoms with van der Waals surface area (Å²) >= 11 is 0. The summed E-state index contributed by atoms with van der Waals surface area (Å²) in [5.74, 6) is 0.572. The SMILES string of the molecule is CC(O)C1CC1(C)C. The molecule has 1 N–H and O–H groups in total. The fraction of sp³-hybridized carbons (Fsp3) is 1.00. The van der Waals surface area contributed by atoms with Gasteiger partial charge in [-0.15, -0.1) is 0 Å². The van der Waals surface area contributed by atoms with Gasteiger partial charge in [-0.3, -0.25) is 0 Å². The van der Waals surface area contributed by atoms with E-state index in [1.54, 1.807) is 0 Å². The maximum Gasteiger partial charge on any atom is 0.0545 e. The van der Waals surface area contributed by atoms with E-state index < -0.39 is 0 Å². The molecule has 1 heteroatoms. The summed E-state index contributed by atoms with van der Waals surface area (Å²) < 4.78 is 0. The molecule has 2 atom stereocenters. The van der Waals surface area contributed by atoms with Crippen LogP contribution in [0.5, 0.6) is 0 Å². The normalized spacial score (nSPS) is 36.8. The van der Waals surface area contributed by atoms with E-state index >= 15 is 0 Å². The van der Waals surface area contributed by atoms with Crippen LogP contribution in [0.3, 0.4) is 0 Å². The Morgan fingerprint density at radius 2 is 2.00 bits per heavy atom. The maximum atomic E-state index is 9.03. The van der Waals surface area contributed by atoms with Crippen molar-refractivity contribution in [3.63, 3.8) is 0 Å². The number of hydrogen-bond acceptors (Lipinski definition) is 1. The molecule has 8 heavy (non-hydrogen) atoms. The van der Waals surface area contributed by atoms with Crippen molar-refractivity contribution in [2.24, 2.45) is 11.3 Å². The Hall–Kier alpha value is -0.0400. The van der Waals surface area contributed by atoms with Crippen LogP contribution in [-0.2, 0) is 0 Å². The molecule has 2 unspecified atom stereocenters. The van der Waals surface area contributed by atoms with Crippen molar-refractivity contribution in [3.05, 3.63) is 0 Å². The Labute approximate surface area is 50.7 Å². The summed E-state index contributed by atoms with van der Waals surface area (Å²) in [4.78, 5) is 0. The summed E-state index contributed by atoms with van der Waals surface area (Å²) in [6.07, 6.45) is 1.11. The Morgan fingerprint density at radius 3 is 2.00 bits per heavy atom. The molecule has 1 fully saturated rings.